The molecule has 0 saturated heterocycles. The van der Waals surface area contributed by atoms with E-state index in [0.29, 0.717) is 11.3 Å². The fraction of sp³-hybridized carbons (Fsp3) is 0.129. The quantitative estimate of drug-likeness (QED) is 0.102. The maximum Gasteiger partial charge on any atom is 0.187 e. The van der Waals surface area contributed by atoms with Crippen molar-refractivity contribution >= 4 is 72.1 Å². The van der Waals surface area contributed by atoms with Crippen LogP contribution in [0.5, 0.6) is 0 Å². The number of nitrogens with zero attached hydrogens (tertiary/aromatic N) is 4. The van der Waals surface area contributed by atoms with Gasteiger partial charge in [-0.2, -0.15) is 5.26 Å². The molecule has 10 aromatic rings. The SMILES string of the molecule is [C-]#[N+]c1ccc(-c2ccc(C)c(N(c3ccccc3)c3cc(C(C)C)c4ccc5c(N(c6ccccc6)c6cc(-c7ccc(C#N)cc7)ccc6C)cc(C(C)C)c6ccc3c4c65)c2)cc1. The molecule has 0 fully saturated rings. The van der Waals surface area contributed by atoms with Crippen molar-refractivity contribution in [1.82, 2.24) is 0 Å². The Hall–Kier alpha value is -8.18. The lowest BCUT2D eigenvalue weighted by Gasteiger charge is -2.32. The Labute approximate surface area is 388 Å². The zero-order valence-corrected chi connectivity index (χ0v) is 38.3. The summed E-state index contributed by atoms with van der Waals surface area (Å²) in [6, 6.07) is 67.4. The van der Waals surface area contributed by atoms with Crippen molar-refractivity contribution in [1.29, 1.82) is 5.26 Å². The van der Waals surface area contributed by atoms with Gasteiger partial charge < -0.3 is 9.80 Å². The van der Waals surface area contributed by atoms with Crippen LogP contribution >= 0.6 is 0 Å². The van der Waals surface area contributed by atoms with Gasteiger partial charge in [0.1, 0.15) is 0 Å². The Morgan fingerprint density at radius 1 is 0.439 bits per heavy atom. The van der Waals surface area contributed by atoms with Gasteiger partial charge in [0.2, 0.25) is 0 Å². The van der Waals surface area contributed by atoms with Gasteiger partial charge in [-0.15, -0.1) is 0 Å². The Bertz CT molecular complexity index is 3260. The summed E-state index contributed by atoms with van der Waals surface area (Å²) >= 11 is 0. The maximum atomic E-state index is 9.55. The molecule has 0 spiro atoms. The molecular formula is C62H50N4. The number of nitriles is 1. The second-order valence-electron chi connectivity index (χ2n) is 18.0. The molecule has 318 valence electrons. The summed E-state index contributed by atoms with van der Waals surface area (Å²) in [5.74, 6) is 0.493. The highest BCUT2D eigenvalue weighted by atomic mass is 15.2. The van der Waals surface area contributed by atoms with Crippen molar-refractivity contribution in [3.8, 4) is 28.3 Å². The van der Waals surface area contributed by atoms with Crippen LogP contribution in [-0.2, 0) is 0 Å². The summed E-state index contributed by atoms with van der Waals surface area (Å²) in [6.45, 7) is 21.2. The molecule has 0 aliphatic rings. The topological polar surface area (TPSA) is 34.6 Å². The Morgan fingerprint density at radius 2 is 0.833 bits per heavy atom. The van der Waals surface area contributed by atoms with Crippen molar-refractivity contribution in [3.63, 3.8) is 0 Å². The van der Waals surface area contributed by atoms with Gasteiger partial charge >= 0.3 is 0 Å². The number of hydrogen-bond donors (Lipinski definition) is 0. The Kier molecular flexibility index (Phi) is 10.8. The van der Waals surface area contributed by atoms with Gasteiger partial charge in [-0.05, 0) is 152 Å². The van der Waals surface area contributed by atoms with Crippen molar-refractivity contribution in [2.45, 2.75) is 53.4 Å². The Morgan fingerprint density at radius 3 is 1.23 bits per heavy atom. The van der Waals surface area contributed by atoms with Gasteiger partial charge in [0.25, 0.3) is 0 Å². The molecule has 0 aliphatic heterocycles. The number of para-hydroxylation sites is 2. The number of rotatable bonds is 10. The second kappa shape index (κ2) is 17.1. The summed E-state index contributed by atoms with van der Waals surface area (Å²) in [7, 11) is 0. The van der Waals surface area contributed by atoms with Crippen molar-refractivity contribution in [3.05, 3.63) is 221 Å². The zero-order valence-electron chi connectivity index (χ0n) is 38.3. The minimum Gasteiger partial charge on any atom is -0.310 e. The van der Waals surface area contributed by atoms with E-state index in [4.69, 9.17) is 6.57 Å². The maximum absolute atomic E-state index is 9.55. The first-order valence-corrected chi connectivity index (χ1v) is 22.8. The van der Waals surface area contributed by atoms with Gasteiger partial charge in [0.15, 0.2) is 5.69 Å². The summed E-state index contributed by atoms with van der Waals surface area (Å²) in [4.78, 5) is 8.57. The number of aryl methyl sites for hydroxylation is 2. The first-order chi connectivity index (χ1) is 32.1. The van der Waals surface area contributed by atoms with E-state index in [1.165, 1.54) is 49.0 Å². The molecule has 0 aromatic heterocycles. The fourth-order valence-corrected chi connectivity index (χ4v) is 9.83. The van der Waals surface area contributed by atoms with E-state index in [1.807, 2.05) is 36.4 Å². The van der Waals surface area contributed by atoms with Gasteiger partial charge in [-0.1, -0.05) is 149 Å². The second-order valence-corrected chi connectivity index (χ2v) is 18.0. The van der Waals surface area contributed by atoms with E-state index >= 15 is 0 Å². The van der Waals surface area contributed by atoms with Crippen LogP contribution in [0, 0.1) is 31.8 Å². The van der Waals surface area contributed by atoms with Crippen molar-refractivity contribution in [2.24, 2.45) is 0 Å². The summed E-state index contributed by atoms with van der Waals surface area (Å²) in [5, 5.41) is 17.0. The molecule has 0 aliphatic carbocycles. The molecule has 66 heavy (non-hydrogen) atoms. The molecule has 0 unspecified atom stereocenters. The number of benzene rings is 10. The predicted molar refractivity (Wildman–Crippen MR) is 279 cm³/mol. The van der Waals surface area contributed by atoms with Crippen LogP contribution in [0.25, 0.3) is 59.4 Å². The molecule has 0 amide bonds. The number of anilines is 6. The molecule has 0 N–H and O–H groups in total. The van der Waals surface area contributed by atoms with E-state index in [9.17, 15) is 5.26 Å². The highest BCUT2D eigenvalue weighted by molar-refractivity contribution is 6.29. The lowest BCUT2D eigenvalue weighted by Crippen LogP contribution is -2.14. The number of hydrogen-bond acceptors (Lipinski definition) is 3. The third kappa shape index (κ3) is 7.28. The molecule has 0 heterocycles. The van der Waals surface area contributed by atoms with Gasteiger partial charge in [0, 0.05) is 33.5 Å². The lowest BCUT2D eigenvalue weighted by molar-refractivity contribution is 0.875. The Balaban J connectivity index is 1.28. The van der Waals surface area contributed by atoms with Gasteiger partial charge in [-0.3, -0.25) is 0 Å². The molecule has 0 saturated carbocycles. The third-order valence-corrected chi connectivity index (χ3v) is 13.3. The molecule has 4 nitrogen and oxygen atoms in total. The molecule has 0 bridgehead atoms. The van der Waals surface area contributed by atoms with Crippen LogP contribution in [-0.4, -0.2) is 0 Å². The third-order valence-electron chi connectivity index (χ3n) is 13.3. The van der Waals surface area contributed by atoms with Crippen molar-refractivity contribution < 1.29 is 0 Å². The van der Waals surface area contributed by atoms with Crippen LogP contribution in [0.4, 0.5) is 39.8 Å². The first-order valence-electron chi connectivity index (χ1n) is 22.8. The summed E-state index contributed by atoms with van der Waals surface area (Å²) in [6.07, 6.45) is 0. The average molecular weight is 851 g/mol. The average Bonchev–Trinajstić information content (AvgIpc) is 3.35. The van der Waals surface area contributed by atoms with E-state index in [2.05, 4.69) is 208 Å². The highest BCUT2D eigenvalue weighted by Gasteiger charge is 2.27. The van der Waals surface area contributed by atoms with Gasteiger partial charge in [0.05, 0.1) is 29.6 Å². The van der Waals surface area contributed by atoms with E-state index < -0.39 is 0 Å². The summed E-state index contributed by atoms with van der Waals surface area (Å²) < 4.78 is 0. The highest BCUT2D eigenvalue weighted by Crippen LogP contribution is 2.52. The van der Waals surface area contributed by atoms with E-state index in [0.717, 1.165) is 61.9 Å². The first kappa shape index (κ1) is 41.8. The standard InChI is InChI=1S/C62H50N4/c1-39(2)55-36-59(65(49-14-10-8-11-15-49)57-34-46(22-18-41(57)5)44-24-20-43(38-63)21-25-44)53-32-30-52-56(40(3)4)37-60(54-33-31-51(55)61(53)62(52)54)66(50-16-12-9-13-17-50)58-35-47(23-19-42(58)6)45-26-28-48(64-7)29-27-45/h8-37,39-40H,1-6H3. The van der Waals surface area contributed by atoms with Crippen molar-refractivity contribution in [2.75, 3.05) is 9.80 Å². The smallest absolute Gasteiger partial charge is 0.187 e. The molecular weight excluding hydrogens is 801 g/mol. The lowest BCUT2D eigenvalue weighted by atomic mass is 9.84. The van der Waals surface area contributed by atoms with Crippen LogP contribution < -0.4 is 9.80 Å². The minimum absolute atomic E-state index is 0.246. The normalized spacial score (nSPS) is 11.4. The monoisotopic (exact) mass is 850 g/mol. The van der Waals surface area contributed by atoms with E-state index in [1.54, 1.807) is 0 Å². The van der Waals surface area contributed by atoms with E-state index in [-0.39, 0.29) is 11.8 Å². The largest absolute Gasteiger partial charge is 0.310 e. The van der Waals surface area contributed by atoms with Crippen LogP contribution in [0.1, 0.15) is 67.3 Å². The molecule has 0 atom stereocenters. The molecule has 10 aromatic carbocycles. The molecule has 4 heteroatoms. The minimum atomic E-state index is 0.246. The molecule has 10 rings (SSSR count). The zero-order chi connectivity index (χ0) is 45.6. The van der Waals surface area contributed by atoms with Crippen LogP contribution in [0.2, 0.25) is 0 Å². The van der Waals surface area contributed by atoms with Crippen LogP contribution in [0.3, 0.4) is 0 Å². The van der Waals surface area contributed by atoms with Crippen LogP contribution in [0.15, 0.2) is 182 Å². The van der Waals surface area contributed by atoms with Gasteiger partial charge in [-0.25, -0.2) is 4.85 Å². The molecule has 0 radical (unpaired) electrons. The predicted octanol–water partition coefficient (Wildman–Crippen LogP) is 18.1. The summed E-state index contributed by atoms with van der Waals surface area (Å²) in [5.41, 5.74) is 17.2. The fourth-order valence-electron chi connectivity index (χ4n) is 9.83.